The molecule has 0 spiro atoms. The molecular formula is C13H19N. The van der Waals surface area contributed by atoms with Crippen molar-refractivity contribution < 1.29 is 0 Å². The summed E-state index contributed by atoms with van der Waals surface area (Å²) in [6.45, 7) is 2.20. The van der Waals surface area contributed by atoms with E-state index in [-0.39, 0.29) is 0 Å². The molecule has 1 saturated carbocycles. The SMILES string of the molecule is CCc1ccc(C(NC)C2CC2)cc1. The van der Waals surface area contributed by atoms with Crippen LogP contribution in [0, 0.1) is 5.92 Å². The van der Waals surface area contributed by atoms with Gasteiger partial charge in [-0.05, 0) is 43.4 Å². The Morgan fingerprint density at radius 2 is 1.93 bits per heavy atom. The Labute approximate surface area is 86.5 Å². The number of nitrogens with one attached hydrogen (secondary N) is 1. The lowest BCUT2D eigenvalue weighted by molar-refractivity contribution is 0.529. The Hall–Kier alpha value is -0.820. The molecular weight excluding hydrogens is 170 g/mol. The van der Waals surface area contributed by atoms with Crippen LogP contribution in [0.25, 0.3) is 0 Å². The fourth-order valence-corrected chi connectivity index (χ4v) is 2.06. The molecule has 0 heterocycles. The van der Waals surface area contributed by atoms with Crippen LogP contribution >= 0.6 is 0 Å². The molecule has 0 saturated heterocycles. The van der Waals surface area contributed by atoms with E-state index in [2.05, 4.69) is 43.6 Å². The van der Waals surface area contributed by atoms with Gasteiger partial charge >= 0.3 is 0 Å². The number of aryl methyl sites for hydroxylation is 1. The second-order valence-corrected chi connectivity index (χ2v) is 4.20. The van der Waals surface area contributed by atoms with E-state index >= 15 is 0 Å². The van der Waals surface area contributed by atoms with E-state index < -0.39 is 0 Å². The molecule has 0 bridgehead atoms. The van der Waals surface area contributed by atoms with Crippen molar-refractivity contribution in [2.45, 2.75) is 32.2 Å². The van der Waals surface area contributed by atoms with Crippen molar-refractivity contribution in [2.24, 2.45) is 5.92 Å². The molecule has 1 aromatic rings. The zero-order chi connectivity index (χ0) is 9.97. The monoisotopic (exact) mass is 189 g/mol. The summed E-state index contributed by atoms with van der Waals surface area (Å²) >= 11 is 0. The number of benzene rings is 1. The first-order valence-electron chi connectivity index (χ1n) is 5.61. The van der Waals surface area contributed by atoms with Crippen LogP contribution in [0.3, 0.4) is 0 Å². The molecule has 1 aromatic carbocycles. The molecule has 1 heteroatoms. The maximum atomic E-state index is 3.42. The van der Waals surface area contributed by atoms with Gasteiger partial charge in [-0.2, -0.15) is 0 Å². The molecule has 2 rings (SSSR count). The van der Waals surface area contributed by atoms with Crippen LogP contribution < -0.4 is 5.32 Å². The quantitative estimate of drug-likeness (QED) is 0.768. The Balaban J connectivity index is 2.13. The Bertz CT molecular complexity index is 285. The highest BCUT2D eigenvalue weighted by molar-refractivity contribution is 5.26. The third-order valence-electron chi connectivity index (χ3n) is 3.15. The van der Waals surface area contributed by atoms with Gasteiger partial charge < -0.3 is 5.32 Å². The van der Waals surface area contributed by atoms with E-state index in [0.29, 0.717) is 6.04 Å². The predicted octanol–water partition coefficient (Wildman–Crippen LogP) is 2.92. The van der Waals surface area contributed by atoms with Gasteiger partial charge in [-0.25, -0.2) is 0 Å². The fourth-order valence-electron chi connectivity index (χ4n) is 2.06. The van der Waals surface area contributed by atoms with Gasteiger partial charge in [-0.15, -0.1) is 0 Å². The summed E-state index contributed by atoms with van der Waals surface area (Å²) in [7, 11) is 2.07. The molecule has 0 amide bonds. The maximum Gasteiger partial charge on any atom is 0.0346 e. The summed E-state index contributed by atoms with van der Waals surface area (Å²) in [4.78, 5) is 0. The maximum absolute atomic E-state index is 3.42. The summed E-state index contributed by atoms with van der Waals surface area (Å²) < 4.78 is 0. The van der Waals surface area contributed by atoms with Gasteiger partial charge in [0.05, 0.1) is 0 Å². The molecule has 1 unspecified atom stereocenters. The fraction of sp³-hybridized carbons (Fsp3) is 0.538. The molecule has 0 aliphatic heterocycles. The summed E-state index contributed by atoms with van der Waals surface area (Å²) in [5.74, 6) is 0.882. The Morgan fingerprint density at radius 1 is 1.29 bits per heavy atom. The van der Waals surface area contributed by atoms with E-state index in [4.69, 9.17) is 0 Å². The number of hydrogen-bond acceptors (Lipinski definition) is 1. The average Bonchev–Trinajstić information content (AvgIpc) is 3.04. The van der Waals surface area contributed by atoms with Crippen molar-refractivity contribution in [3.8, 4) is 0 Å². The van der Waals surface area contributed by atoms with Crippen LogP contribution in [0.2, 0.25) is 0 Å². The highest BCUT2D eigenvalue weighted by atomic mass is 14.9. The normalized spacial score (nSPS) is 18.1. The second kappa shape index (κ2) is 4.14. The van der Waals surface area contributed by atoms with Crippen LogP contribution in [-0.4, -0.2) is 7.05 Å². The van der Waals surface area contributed by atoms with E-state index in [0.717, 1.165) is 12.3 Å². The van der Waals surface area contributed by atoms with Crippen LogP contribution in [-0.2, 0) is 6.42 Å². The summed E-state index contributed by atoms with van der Waals surface area (Å²) in [6.07, 6.45) is 3.91. The van der Waals surface area contributed by atoms with Gasteiger partial charge in [0.15, 0.2) is 0 Å². The average molecular weight is 189 g/mol. The standard InChI is InChI=1S/C13H19N/c1-3-10-4-6-11(7-5-10)13(14-2)12-8-9-12/h4-7,12-14H,3,8-9H2,1-2H3. The zero-order valence-corrected chi connectivity index (χ0v) is 9.09. The first-order valence-corrected chi connectivity index (χ1v) is 5.61. The molecule has 1 nitrogen and oxygen atoms in total. The first-order chi connectivity index (χ1) is 6.85. The lowest BCUT2D eigenvalue weighted by Gasteiger charge is -2.15. The van der Waals surface area contributed by atoms with Crippen molar-refractivity contribution in [1.82, 2.24) is 5.32 Å². The molecule has 1 atom stereocenters. The predicted molar refractivity (Wildman–Crippen MR) is 60.3 cm³/mol. The minimum Gasteiger partial charge on any atom is -0.313 e. The van der Waals surface area contributed by atoms with Crippen LogP contribution in [0.1, 0.15) is 36.9 Å². The van der Waals surface area contributed by atoms with Gasteiger partial charge in [0.25, 0.3) is 0 Å². The van der Waals surface area contributed by atoms with Gasteiger partial charge in [-0.3, -0.25) is 0 Å². The zero-order valence-electron chi connectivity index (χ0n) is 9.09. The molecule has 76 valence electrons. The van der Waals surface area contributed by atoms with Gasteiger partial charge in [0.1, 0.15) is 0 Å². The van der Waals surface area contributed by atoms with Crippen molar-refractivity contribution in [3.05, 3.63) is 35.4 Å². The minimum atomic E-state index is 0.584. The third-order valence-corrected chi connectivity index (χ3v) is 3.15. The minimum absolute atomic E-state index is 0.584. The van der Waals surface area contributed by atoms with Crippen LogP contribution in [0.5, 0.6) is 0 Å². The van der Waals surface area contributed by atoms with Crippen molar-refractivity contribution in [1.29, 1.82) is 0 Å². The van der Waals surface area contributed by atoms with Crippen molar-refractivity contribution in [2.75, 3.05) is 7.05 Å². The molecule has 1 N–H and O–H groups in total. The summed E-state index contributed by atoms with van der Waals surface area (Å²) in [6, 6.07) is 9.64. The number of hydrogen-bond donors (Lipinski definition) is 1. The van der Waals surface area contributed by atoms with E-state index in [1.165, 1.54) is 24.0 Å². The molecule has 1 aliphatic rings. The molecule has 0 aromatic heterocycles. The summed E-state index contributed by atoms with van der Waals surface area (Å²) in [5, 5.41) is 3.42. The Kier molecular flexibility index (Phi) is 2.87. The van der Waals surface area contributed by atoms with Crippen molar-refractivity contribution >= 4 is 0 Å². The van der Waals surface area contributed by atoms with Gasteiger partial charge in [0.2, 0.25) is 0 Å². The van der Waals surface area contributed by atoms with E-state index in [1.54, 1.807) is 0 Å². The highest BCUT2D eigenvalue weighted by Gasteiger charge is 2.30. The molecule has 14 heavy (non-hydrogen) atoms. The molecule has 1 aliphatic carbocycles. The molecule has 1 fully saturated rings. The Morgan fingerprint density at radius 3 is 2.36 bits per heavy atom. The van der Waals surface area contributed by atoms with E-state index in [9.17, 15) is 0 Å². The first kappa shape index (κ1) is 9.72. The number of rotatable bonds is 4. The van der Waals surface area contributed by atoms with Gasteiger partial charge in [-0.1, -0.05) is 31.2 Å². The lowest BCUT2D eigenvalue weighted by atomic mass is 10.0. The molecule has 0 radical (unpaired) electrons. The lowest BCUT2D eigenvalue weighted by Crippen LogP contribution is -2.18. The third kappa shape index (κ3) is 1.98. The smallest absolute Gasteiger partial charge is 0.0346 e. The van der Waals surface area contributed by atoms with Crippen LogP contribution in [0.4, 0.5) is 0 Å². The van der Waals surface area contributed by atoms with Crippen molar-refractivity contribution in [3.63, 3.8) is 0 Å². The topological polar surface area (TPSA) is 12.0 Å². The van der Waals surface area contributed by atoms with Crippen LogP contribution in [0.15, 0.2) is 24.3 Å². The largest absolute Gasteiger partial charge is 0.313 e. The second-order valence-electron chi connectivity index (χ2n) is 4.20. The van der Waals surface area contributed by atoms with Gasteiger partial charge in [0, 0.05) is 6.04 Å². The highest BCUT2D eigenvalue weighted by Crippen LogP contribution is 2.40. The summed E-state index contributed by atoms with van der Waals surface area (Å²) in [5.41, 5.74) is 2.88. The van der Waals surface area contributed by atoms with E-state index in [1.807, 2.05) is 0 Å².